The third-order valence-corrected chi connectivity index (χ3v) is 4.83. The summed E-state index contributed by atoms with van der Waals surface area (Å²) in [5.74, 6) is 0.624. The van der Waals surface area contributed by atoms with Gasteiger partial charge >= 0.3 is 0 Å². The normalized spacial score (nSPS) is 21.8. The average molecular weight is 300 g/mol. The molecule has 0 bridgehead atoms. The van der Waals surface area contributed by atoms with Gasteiger partial charge in [-0.05, 0) is 37.1 Å². The van der Waals surface area contributed by atoms with E-state index in [1.54, 1.807) is 0 Å². The highest BCUT2D eigenvalue weighted by atomic mass is 16.3. The van der Waals surface area contributed by atoms with Gasteiger partial charge in [0.15, 0.2) is 0 Å². The van der Waals surface area contributed by atoms with Gasteiger partial charge in [0.2, 0.25) is 5.91 Å². The summed E-state index contributed by atoms with van der Waals surface area (Å²) in [6, 6.07) is -0.0469. The van der Waals surface area contributed by atoms with E-state index in [4.69, 9.17) is 5.11 Å². The molecular formula is C16H32N2O3. The Hall–Kier alpha value is -0.650. The molecule has 2 atom stereocenters. The lowest BCUT2D eigenvalue weighted by molar-refractivity contribution is -0.126. The van der Waals surface area contributed by atoms with Gasteiger partial charge in [-0.1, -0.05) is 27.7 Å². The molecule has 5 heteroatoms. The number of nitrogens with zero attached hydrogens (tertiary/aromatic N) is 1. The van der Waals surface area contributed by atoms with Crippen LogP contribution in [-0.2, 0) is 4.79 Å². The lowest BCUT2D eigenvalue weighted by Gasteiger charge is -2.36. The van der Waals surface area contributed by atoms with E-state index in [9.17, 15) is 9.90 Å². The highest BCUT2D eigenvalue weighted by molar-refractivity contribution is 5.82. The van der Waals surface area contributed by atoms with Crippen LogP contribution in [0.3, 0.4) is 0 Å². The third kappa shape index (κ3) is 5.57. The summed E-state index contributed by atoms with van der Waals surface area (Å²) in [6.07, 6.45) is 1.62. The number of likely N-dealkylation sites (tertiary alicyclic amines) is 1. The van der Waals surface area contributed by atoms with Gasteiger partial charge in [0.25, 0.3) is 0 Å². The molecule has 3 N–H and O–H groups in total. The Bertz CT molecular complexity index is 331. The lowest BCUT2D eigenvalue weighted by atomic mass is 9.80. The summed E-state index contributed by atoms with van der Waals surface area (Å²) in [4.78, 5) is 14.6. The van der Waals surface area contributed by atoms with Crippen LogP contribution in [-0.4, -0.2) is 59.4 Å². The molecule has 0 aromatic heterocycles. The molecule has 1 aliphatic rings. The number of carbonyl (C=O) groups excluding carboxylic acids is 1. The van der Waals surface area contributed by atoms with Crippen molar-refractivity contribution in [2.45, 2.75) is 59.1 Å². The summed E-state index contributed by atoms with van der Waals surface area (Å²) in [5, 5.41) is 20.9. The Labute approximate surface area is 128 Å². The Morgan fingerprint density at radius 3 is 2.67 bits per heavy atom. The molecule has 21 heavy (non-hydrogen) atoms. The van der Waals surface area contributed by atoms with Crippen molar-refractivity contribution in [1.29, 1.82) is 0 Å². The number of hydrogen-bond donors (Lipinski definition) is 3. The van der Waals surface area contributed by atoms with E-state index in [0.717, 1.165) is 25.9 Å². The highest BCUT2D eigenvalue weighted by Crippen LogP contribution is 2.30. The minimum Gasteiger partial charge on any atom is -0.394 e. The fraction of sp³-hybridized carbons (Fsp3) is 0.938. The van der Waals surface area contributed by atoms with Crippen molar-refractivity contribution in [3.05, 3.63) is 0 Å². The average Bonchev–Trinajstić information content (AvgIpc) is 2.85. The molecule has 0 aliphatic carbocycles. The fourth-order valence-electron chi connectivity index (χ4n) is 2.59. The quantitative estimate of drug-likeness (QED) is 0.625. The van der Waals surface area contributed by atoms with Crippen LogP contribution in [0.15, 0.2) is 0 Å². The number of hydrogen-bond acceptors (Lipinski definition) is 4. The SMILES string of the molecule is CC(C)C(C)(C)CN1CCCC1C(=O)NCC[C@@H](O)CO. The van der Waals surface area contributed by atoms with Crippen LogP contribution in [0.5, 0.6) is 0 Å². The Morgan fingerprint density at radius 1 is 1.43 bits per heavy atom. The molecular weight excluding hydrogens is 268 g/mol. The van der Waals surface area contributed by atoms with Gasteiger partial charge in [-0.2, -0.15) is 0 Å². The molecule has 1 rings (SSSR count). The highest BCUT2D eigenvalue weighted by Gasteiger charge is 2.35. The molecule has 0 aromatic rings. The van der Waals surface area contributed by atoms with Crippen LogP contribution < -0.4 is 5.32 Å². The molecule has 1 unspecified atom stereocenters. The second-order valence-corrected chi connectivity index (χ2v) is 7.19. The Morgan fingerprint density at radius 2 is 2.10 bits per heavy atom. The molecule has 1 heterocycles. The van der Waals surface area contributed by atoms with Crippen LogP contribution >= 0.6 is 0 Å². The van der Waals surface area contributed by atoms with E-state index < -0.39 is 6.10 Å². The predicted molar refractivity (Wildman–Crippen MR) is 83.9 cm³/mol. The van der Waals surface area contributed by atoms with E-state index in [2.05, 4.69) is 37.9 Å². The van der Waals surface area contributed by atoms with Crippen LogP contribution in [0.25, 0.3) is 0 Å². The first kappa shape index (κ1) is 18.4. The Balaban J connectivity index is 2.47. The first-order chi connectivity index (χ1) is 9.77. The molecule has 0 spiro atoms. The van der Waals surface area contributed by atoms with Gasteiger partial charge in [-0.15, -0.1) is 0 Å². The second-order valence-electron chi connectivity index (χ2n) is 7.19. The standard InChI is InChI=1S/C16H32N2O3/c1-12(2)16(3,4)11-18-9-5-6-14(18)15(21)17-8-7-13(20)10-19/h12-14,19-20H,5-11H2,1-4H3,(H,17,21)/t13-,14?/m1/s1. The summed E-state index contributed by atoms with van der Waals surface area (Å²) >= 11 is 0. The topological polar surface area (TPSA) is 72.8 Å². The van der Waals surface area contributed by atoms with Gasteiger partial charge in [-0.25, -0.2) is 0 Å². The zero-order valence-electron chi connectivity index (χ0n) is 13.9. The minimum absolute atomic E-state index is 0.0469. The predicted octanol–water partition coefficient (Wildman–Crippen LogP) is 0.992. The number of aliphatic hydroxyl groups excluding tert-OH is 2. The number of nitrogens with one attached hydrogen (secondary N) is 1. The number of carbonyl (C=O) groups is 1. The van der Waals surface area contributed by atoms with Crippen LogP contribution in [0.4, 0.5) is 0 Å². The van der Waals surface area contributed by atoms with Crippen molar-refractivity contribution >= 4 is 5.91 Å². The molecule has 0 radical (unpaired) electrons. The summed E-state index contributed by atoms with van der Waals surface area (Å²) in [7, 11) is 0. The molecule has 0 aromatic carbocycles. The summed E-state index contributed by atoms with van der Waals surface area (Å²) in [5.41, 5.74) is 0.190. The maximum atomic E-state index is 12.3. The van der Waals surface area contributed by atoms with Gasteiger partial charge in [0, 0.05) is 13.1 Å². The largest absolute Gasteiger partial charge is 0.394 e. The van der Waals surface area contributed by atoms with E-state index in [1.807, 2.05) is 0 Å². The number of aliphatic hydroxyl groups is 2. The maximum Gasteiger partial charge on any atom is 0.237 e. The van der Waals surface area contributed by atoms with E-state index in [1.165, 1.54) is 0 Å². The fourth-order valence-corrected chi connectivity index (χ4v) is 2.59. The van der Waals surface area contributed by atoms with Crippen molar-refractivity contribution in [3.8, 4) is 0 Å². The van der Waals surface area contributed by atoms with Crippen molar-refractivity contribution in [2.75, 3.05) is 26.2 Å². The summed E-state index contributed by atoms with van der Waals surface area (Å²) < 4.78 is 0. The molecule has 0 saturated carbocycles. The number of rotatable bonds is 8. The van der Waals surface area contributed by atoms with E-state index >= 15 is 0 Å². The van der Waals surface area contributed by atoms with Gasteiger partial charge in [0.05, 0.1) is 18.8 Å². The molecule has 124 valence electrons. The summed E-state index contributed by atoms with van der Waals surface area (Å²) in [6.45, 7) is 11.0. The molecule has 1 aliphatic heterocycles. The maximum absolute atomic E-state index is 12.3. The first-order valence-electron chi connectivity index (χ1n) is 8.08. The second kappa shape index (κ2) is 8.11. The molecule has 5 nitrogen and oxygen atoms in total. The smallest absolute Gasteiger partial charge is 0.237 e. The molecule has 1 saturated heterocycles. The van der Waals surface area contributed by atoms with Gasteiger partial charge in [-0.3, -0.25) is 9.69 Å². The monoisotopic (exact) mass is 300 g/mol. The van der Waals surface area contributed by atoms with Crippen molar-refractivity contribution in [1.82, 2.24) is 10.2 Å². The zero-order valence-corrected chi connectivity index (χ0v) is 13.9. The Kier molecular flexibility index (Phi) is 7.10. The van der Waals surface area contributed by atoms with Crippen molar-refractivity contribution in [2.24, 2.45) is 11.3 Å². The van der Waals surface area contributed by atoms with Gasteiger partial charge in [0.1, 0.15) is 0 Å². The minimum atomic E-state index is -0.746. The van der Waals surface area contributed by atoms with Crippen LogP contribution in [0, 0.1) is 11.3 Å². The lowest BCUT2D eigenvalue weighted by Crippen LogP contribution is -2.47. The number of amides is 1. The van der Waals surface area contributed by atoms with Crippen LogP contribution in [0.1, 0.15) is 47.0 Å². The molecule has 1 fully saturated rings. The first-order valence-corrected chi connectivity index (χ1v) is 8.08. The van der Waals surface area contributed by atoms with E-state index in [-0.39, 0.29) is 24.0 Å². The zero-order chi connectivity index (χ0) is 16.0. The van der Waals surface area contributed by atoms with Crippen molar-refractivity contribution < 1.29 is 15.0 Å². The molecule has 1 amide bonds. The van der Waals surface area contributed by atoms with Crippen LogP contribution in [0.2, 0.25) is 0 Å². The van der Waals surface area contributed by atoms with E-state index in [0.29, 0.717) is 18.9 Å². The van der Waals surface area contributed by atoms with Gasteiger partial charge < -0.3 is 15.5 Å². The van der Waals surface area contributed by atoms with Crippen molar-refractivity contribution in [3.63, 3.8) is 0 Å². The third-order valence-electron chi connectivity index (χ3n) is 4.83.